The van der Waals surface area contributed by atoms with E-state index >= 15 is 0 Å². The normalized spacial score (nSPS) is 10.2. The molecular formula is C11H11N3OS. The van der Waals surface area contributed by atoms with Gasteiger partial charge in [-0.15, -0.1) is 11.3 Å². The van der Waals surface area contributed by atoms with Crippen molar-refractivity contribution in [1.29, 1.82) is 0 Å². The largest absolute Gasteiger partial charge is 0.370 e. The average Bonchev–Trinajstić information content (AvgIpc) is 2.61. The zero-order valence-electron chi connectivity index (χ0n) is 8.51. The van der Waals surface area contributed by atoms with Crippen LogP contribution in [0.4, 0.5) is 0 Å². The van der Waals surface area contributed by atoms with Gasteiger partial charge in [-0.05, 0) is 22.4 Å². The van der Waals surface area contributed by atoms with Crippen LogP contribution in [0, 0.1) is 0 Å². The first-order chi connectivity index (χ1) is 7.66. The Kier molecular flexibility index (Phi) is 2.87. The quantitative estimate of drug-likeness (QED) is 0.605. The van der Waals surface area contributed by atoms with E-state index in [1.165, 1.54) is 0 Å². The van der Waals surface area contributed by atoms with Gasteiger partial charge in [0.05, 0.1) is 6.42 Å². The number of benzene rings is 1. The second-order valence-electron chi connectivity index (χ2n) is 3.36. The molecule has 1 aromatic carbocycles. The van der Waals surface area contributed by atoms with Crippen molar-refractivity contribution in [2.45, 2.75) is 6.42 Å². The van der Waals surface area contributed by atoms with Gasteiger partial charge in [-0.1, -0.05) is 18.2 Å². The van der Waals surface area contributed by atoms with E-state index < -0.39 is 0 Å². The van der Waals surface area contributed by atoms with Gasteiger partial charge in [-0.2, -0.15) is 4.99 Å². The highest BCUT2D eigenvalue weighted by atomic mass is 32.1. The second-order valence-corrected chi connectivity index (χ2v) is 4.28. The molecule has 0 fully saturated rings. The summed E-state index contributed by atoms with van der Waals surface area (Å²) < 4.78 is 1.16. The zero-order valence-corrected chi connectivity index (χ0v) is 9.33. The summed E-state index contributed by atoms with van der Waals surface area (Å²) in [5, 5.41) is 3.05. The first kappa shape index (κ1) is 10.6. The van der Waals surface area contributed by atoms with E-state index in [9.17, 15) is 4.79 Å². The SMILES string of the molecule is NC(N)=NC(=O)Cc1csc2ccccc12. The van der Waals surface area contributed by atoms with Crippen LogP contribution in [0.1, 0.15) is 5.56 Å². The van der Waals surface area contributed by atoms with Gasteiger partial charge >= 0.3 is 0 Å². The summed E-state index contributed by atoms with van der Waals surface area (Å²) in [5.41, 5.74) is 11.3. The van der Waals surface area contributed by atoms with E-state index in [1.807, 2.05) is 29.6 Å². The maximum absolute atomic E-state index is 11.4. The molecule has 0 atom stereocenters. The first-order valence-corrected chi connectivity index (χ1v) is 5.62. The summed E-state index contributed by atoms with van der Waals surface area (Å²) in [6.45, 7) is 0. The number of aliphatic imine (C=N–C) groups is 1. The maximum Gasteiger partial charge on any atom is 0.253 e. The molecule has 0 unspecified atom stereocenters. The van der Waals surface area contributed by atoms with Crippen molar-refractivity contribution < 1.29 is 4.79 Å². The number of nitrogens with two attached hydrogens (primary N) is 2. The smallest absolute Gasteiger partial charge is 0.253 e. The first-order valence-electron chi connectivity index (χ1n) is 4.74. The molecule has 0 bridgehead atoms. The van der Waals surface area contributed by atoms with Crippen LogP contribution < -0.4 is 11.5 Å². The highest BCUT2D eigenvalue weighted by Crippen LogP contribution is 2.25. The van der Waals surface area contributed by atoms with E-state index in [2.05, 4.69) is 4.99 Å². The molecule has 1 amide bonds. The maximum atomic E-state index is 11.4. The minimum absolute atomic E-state index is 0.190. The van der Waals surface area contributed by atoms with Crippen molar-refractivity contribution in [3.05, 3.63) is 35.2 Å². The number of carbonyl (C=O) groups excluding carboxylic acids is 1. The third-order valence-electron chi connectivity index (χ3n) is 2.16. The summed E-state index contributed by atoms with van der Waals surface area (Å²) in [6.07, 6.45) is 0.238. The van der Waals surface area contributed by atoms with Gasteiger partial charge in [0.1, 0.15) is 0 Å². The van der Waals surface area contributed by atoms with Crippen molar-refractivity contribution in [3.63, 3.8) is 0 Å². The monoisotopic (exact) mass is 233 g/mol. The molecule has 0 spiro atoms. The topological polar surface area (TPSA) is 81.5 Å². The average molecular weight is 233 g/mol. The van der Waals surface area contributed by atoms with Gasteiger partial charge in [0, 0.05) is 4.70 Å². The molecule has 1 aromatic heterocycles. The Bertz CT molecular complexity index is 555. The number of fused-ring (bicyclic) bond motifs is 1. The summed E-state index contributed by atoms with van der Waals surface area (Å²) in [5.74, 6) is -0.506. The predicted octanol–water partition coefficient (Wildman–Crippen LogP) is 1.24. The number of hydrogen-bond acceptors (Lipinski definition) is 2. The second kappa shape index (κ2) is 4.32. The van der Waals surface area contributed by atoms with E-state index in [-0.39, 0.29) is 18.3 Å². The standard InChI is InChI=1S/C11H11N3OS/c12-11(13)14-10(15)5-7-6-16-9-4-2-1-3-8(7)9/h1-4,6H,5H2,(H4,12,13,14,15). The van der Waals surface area contributed by atoms with E-state index in [1.54, 1.807) is 11.3 Å². The van der Waals surface area contributed by atoms with E-state index in [0.29, 0.717) is 0 Å². The predicted molar refractivity (Wildman–Crippen MR) is 66.3 cm³/mol. The Hall–Kier alpha value is -1.88. The molecule has 82 valence electrons. The van der Waals surface area contributed by atoms with Crippen molar-refractivity contribution >= 4 is 33.3 Å². The Balaban J connectivity index is 2.28. The fourth-order valence-corrected chi connectivity index (χ4v) is 2.48. The number of carbonyl (C=O) groups is 1. The molecule has 0 radical (unpaired) electrons. The van der Waals surface area contributed by atoms with Crippen LogP contribution in [0.2, 0.25) is 0 Å². The molecule has 0 saturated heterocycles. The van der Waals surface area contributed by atoms with Crippen molar-refractivity contribution in [1.82, 2.24) is 0 Å². The van der Waals surface area contributed by atoms with E-state index in [0.717, 1.165) is 15.6 Å². The summed E-state index contributed by atoms with van der Waals surface area (Å²) in [4.78, 5) is 14.9. The lowest BCUT2D eigenvalue weighted by Crippen LogP contribution is -2.24. The zero-order chi connectivity index (χ0) is 11.5. The van der Waals surface area contributed by atoms with Crippen LogP contribution >= 0.6 is 11.3 Å². The number of amides is 1. The molecule has 4 N–H and O–H groups in total. The number of guanidine groups is 1. The van der Waals surface area contributed by atoms with Crippen LogP contribution in [-0.4, -0.2) is 11.9 Å². The van der Waals surface area contributed by atoms with Gasteiger partial charge in [0.25, 0.3) is 5.91 Å². The van der Waals surface area contributed by atoms with Gasteiger partial charge in [-0.3, -0.25) is 4.79 Å². The lowest BCUT2D eigenvalue weighted by molar-refractivity contribution is -0.117. The molecule has 4 nitrogen and oxygen atoms in total. The number of thiophene rings is 1. The van der Waals surface area contributed by atoms with Gasteiger partial charge in [0.15, 0.2) is 5.96 Å². The van der Waals surface area contributed by atoms with Crippen LogP contribution in [0.25, 0.3) is 10.1 Å². The summed E-state index contributed by atoms with van der Waals surface area (Å²) in [7, 11) is 0. The Morgan fingerprint density at radius 2 is 2.06 bits per heavy atom. The van der Waals surface area contributed by atoms with Crippen LogP contribution in [0.15, 0.2) is 34.6 Å². The van der Waals surface area contributed by atoms with Gasteiger partial charge in [0.2, 0.25) is 0 Å². The minimum Gasteiger partial charge on any atom is -0.370 e. The Morgan fingerprint density at radius 1 is 1.31 bits per heavy atom. The molecule has 0 aliphatic heterocycles. The van der Waals surface area contributed by atoms with E-state index in [4.69, 9.17) is 11.5 Å². The van der Waals surface area contributed by atoms with Gasteiger partial charge in [-0.25, -0.2) is 0 Å². The highest BCUT2D eigenvalue weighted by Gasteiger charge is 2.07. The molecule has 0 aliphatic carbocycles. The van der Waals surface area contributed by atoms with Crippen molar-refractivity contribution in [3.8, 4) is 0 Å². The molecule has 2 aromatic rings. The Morgan fingerprint density at radius 3 is 2.81 bits per heavy atom. The molecule has 5 heteroatoms. The number of hydrogen-bond donors (Lipinski definition) is 2. The molecule has 0 saturated carbocycles. The van der Waals surface area contributed by atoms with Crippen molar-refractivity contribution in [2.75, 3.05) is 0 Å². The fraction of sp³-hybridized carbons (Fsp3) is 0.0909. The fourth-order valence-electron chi connectivity index (χ4n) is 1.52. The molecule has 0 aliphatic rings. The lowest BCUT2D eigenvalue weighted by Gasteiger charge is -1.95. The molecule has 1 heterocycles. The molecular weight excluding hydrogens is 222 g/mol. The third kappa shape index (κ3) is 2.20. The number of nitrogens with zero attached hydrogens (tertiary/aromatic N) is 1. The van der Waals surface area contributed by atoms with Crippen molar-refractivity contribution in [2.24, 2.45) is 16.5 Å². The number of rotatable bonds is 2. The lowest BCUT2D eigenvalue weighted by atomic mass is 10.1. The summed E-state index contributed by atoms with van der Waals surface area (Å²) in [6, 6.07) is 7.93. The van der Waals surface area contributed by atoms with Crippen LogP contribution in [0.3, 0.4) is 0 Å². The highest BCUT2D eigenvalue weighted by molar-refractivity contribution is 7.17. The van der Waals surface area contributed by atoms with Gasteiger partial charge < -0.3 is 11.5 Å². The van der Waals surface area contributed by atoms with Crippen LogP contribution in [-0.2, 0) is 11.2 Å². The third-order valence-corrected chi connectivity index (χ3v) is 3.17. The Labute approximate surface area is 96.6 Å². The summed E-state index contributed by atoms with van der Waals surface area (Å²) >= 11 is 1.61. The minimum atomic E-state index is -0.316. The molecule has 2 rings (SSSR count). The van der Waals surface area contributed by atoms with Crippen LogP contribution in [0.5, 0.6) is 0 Å². The molecule has 16 heavy (non-hydrogen) atoms.